The van der Waals surface area contributed by atoms with Gasteiger partial charge in [0, 0.05) is 30.4 Å². The molecule has 2 aliphatic heterocycles. The Balaban J connectivity index is 1.76. The van der Waals surface area contributed by atoms with Crippen LogP contribution in [0.4, 0.5) is 5.69 Å². The second-order valence-electron chi connectivity index (χ2n) is 6.34. The lowest BCUT2D eigenvalue weighted by Crippen LogP contribution is -2.52. The van der Waals surface area contributed by atoms with Crippen molar-refractivity contribution in [3.63, 3.8) is 0 Å². The summed E-state index contributed by atoms with van der Waals surface area (Å²) < 4.78 is 0. The first kappa shape index (κ1) is 13.6. The van der Waals surface area contributed by atoms with E-state index < -0.39 is 0 Å². The Kier molecular flexibility index (Phi) is 3.79. The Morgan fingerprint density at radius 3 is 2.85 bits per heavy atom. The molecule has 0 aliphatic carbocycles. The van der Waals surface area contributed by atoms with E-state index in [1.165, 1.54) is 31.5 Å². The highest BCUT2D eigenvalue weighted by molar-refractivity contribution is 5.78. The standard InChI is InChI=1S/C17H24N2O/c1-13-10-16(6-5-15(13)12-20)19-9-7-17-14(11-19)4-3-8-18(17)2/h5-6,10,12,14,17H,3-4,7-9,11H2,1-2H3. The smallest absolute Gasteiger partial charge is 0.150 e. The number of aldehydes is 1. The fraction of sp³-hybridized carbons (Fsp3) is 0.588. The fourth-order valence-corrected chi connectivity index (χ4v) is 3.88. The van der Waals surface area contributed by atoms with E-state index in [1.54, 1.807) is 0 Å². The van der Waals surface area contributed by atoms with Crippen molar-refractivity contribution in [2.45, 2.75) is 32.2 Å². The van der Waals surface area contributed by atoms with Gasteiger partial charge in [0.1, 0.15) is 6.29 Å². The molecule has 2 unspecified atom stereocenters. The second kappa shape index (κ2) is 5.57. The van der Waals surface area contributed by atoms with E-state index in [4.69, 9.17) is 0 Å². The Morgan fingerprint density at radius 1 is 1.25 bits per heavy atom. The van der Waals surface area contributed by atoms with Crippen molar-refractivity contribution in [3.05, 3.63) is 29.3 Å². The Hall–Kier alpha value is -1.35. The molecule has 2 fully saturated rings. The van der Waals surface area contributed by atoms with E-state index in [2.05, 4.69) is 29.0 Å². The lowest BCUT2D eigenvalue weighted by Gasteiger charge is -2.46. The van der Waals surface area contributed by atoms with Crippen molar-refractivity contribution in [3.8, 4) is 0 Å². The molecule has 2 saturated heterocycles. The molecule has 0 spiro atoms. The molecule has 0 aromatic heterocycles. The van der Waals surface area contributed by atoms with E-state index >= 15 is 0 Å². The molecule has 1 aromatic rings. The Bertz CT molecular complexity index is 500. The first-order chi connectivity index (χ1) is 9.69. The molecular formula is C17H24N2O. The van der Waals surface area contributed by atoms with Crippen LogP contribution in [0, 0.1) is 12.8 Å². The van der Waals surface area contributed by atoms with Gasteiger partial charge >= 0.3 is 0 Å². The predicted molar refractivity (Wildman–Crippen MR) is 82.5 cm³/mol. The maximum atomic E-state index is 10.9. The summed E-state index contributed by atoms with van der Waals surface area (Å²) in [5, 5.41) is 0. The third-order valence-corrected chi connectivity index (χ3v) is 5.09. The second-order valence-corrected chi connectivity index (χ2v) is 6.34. The van der Waals surface area contributed by atoms with Crippen molar-refractivity contribution in [2.24, 2.45) is 5.92 Å². The van der Waals surface area contributed by atoms with Gasteiger partial charge in [-0.15, -0.1) is 0 Å². The number of fused-ring (bicyclic) bond motifs is 1. The summed E-state index contributed by atoms with van der Waals surface area (Å²) in [4.78, 5) is 16.0. The fourth-order valence-electron chi connectivity index (χ4n) is 3.88. The molecule has 20 heavy (non-hydrogen) atoms. The van der Waals surface area contributed by atoms with Crippen LogP contribution in [0.5, 0.6) is 0 Å². The summed E-state index contributed by atoms with van der Waals surface area (Å²) in [6.45, 7) is 5.57. The summed E-state index contributed by atoms with van der Waals surface area (Å²) in [5.74, 6) is 0.800. The lowest BCUT2D eigenvalue weighted by atomic mass is 9.84. The van der Waals surface area contributed by atoms with Crippen molar-refractivity contribution in [1.29, 1.82) is 0 Å². The van der Waals surface area contributed by atoms with Gasteiger partial charge in [0.25, 0.3) is 0 Å². The molecule has 108 valence electrons. The number of hydrogen-bond acceptors (Lipinski definition) is 3. The SMILES string of the molecule is Cc1cc(N2CCC3C(CCCN3C)C2)ccc1C=O. The quantitative estimate of drug-likeness (QED) is 0.773. The summed E-state index contributed by atoms with van der Waals surface area (Å²) in [7, 11) is 2.27. The summed E-state index contributed by atoms with van der Waals surface area (Å²) in [6.07, 6.45) is 4.89. The number of carbonyl (C=O) groups excluding carboxylic acids is 1. The largest absolute Gasteiger partial charge is 0.371 e. The molecule has 1 aromatic carbocycles. The number of piperidine rings is 2. The number of aryl methyl sites for hydroxylation is 1. The van der Waals surface area contributed by atoms with Crippen molar-refractivity contribution in [1.82, 2.24) is 4.90 Å². The van der Waals surface area contributed by atoms with Crippen molar-refractivity contribution >= 4 is 12.0 Å². The molecule has 0 radical (unpaired) electrons. The minimum atomic E-state index is 0.773. The Labute approximate surface area is 121 Å². The third-order valence-electron chi connectivity index (χ3n) is 5.09. The number of carbonyl (C=O) groups is 1. The van der Waals surface area contributed by atoms with Gasteiger partial charge < -0.3 is 9.80 Å². The minimum Gasteiger partial charge on any atom is -0.371 e. The summed E-state index contributed by atoms with van der Waals surface area (Å²) >= 11 is 0. The predicted octanol–water partition coefficient (Wildman–Crippen LogP) is 2.73. The van der Waals surface area contributed by atoms with Gasteiger partial charge in [-0.25, -0.2) is 0 Å². The Morgan fingerprint density at radius 2 is 2.10 bits per heavy atom. The average molecular weight is 272 g/mol. The topological polar surface area (TPSA) is 23.6 Å². The van der Waals surface area contributed by atoms with Crippen LogP contribution in [0.3, 0.4) is 0 Å². The zero-order valence-electron chi connectivity index (χ0n) is 12.5. The van der Waals surface area contributed by atoms with Crippen molar-refractivity contribution < 1.29 is 4.79 Å². The number of nitrogens with zero attached hydrogens (tertiary/aromatic N) is 2. The highest BCUT2D eigenvalue weighted by Crippen LogP contribution is 2.32. The van der Waals surface area contributed by atoms with E-state index in [1.807, 2.05) is 13.0 Å². The molecule has 0 N–H and O–H groups in total. The van der Waals surface area contributed by atoms with Gasteiger partial charge in [0.15, 0.2) is 0 Å². The number of rotatable bonds is 2. The van der Waals surface area contributed by atoms with Crippen LogP contribution in [0.2, 0.25) is 0 Å². The first-order valence-electron chi connectivity index (χ1n) is 7.70. The van der Waals surface area contributed by atoms with Gasteiger partial charge in [0.05, 0.1) is 0 Å². The van der Waals surface area contributed by atoms with Crippen LogP contribution < -0.4 is 4.90 Å². The monoisotopic (exact) mass is 272 g/mol. The van der Waals surface area contributed by atoms with Crippen molar-refractivity contribution in [2.75, 3.05) is 31.6 Å². The van der Waals surface area contributed by atoms with Gasteiger partial charge in [-0.2, -0.15) is 0 Å². The number of anilines is 1. The molecule has 3 heteroatoms. The number of benzene rings is 1. The zero-order valence-corrected chi connectivity index (χ0v) is 12.5. The lowest BCUT2D eigenvalue weighted by molar-refractivity contribution is 0.102. The highest BCUT2D eigenvalue weighted by atomic mass is 16.1. The normalized spacial score (nSPS) is 27.2. The maximum absolute atomic E-state index is 10.9. The van der Waals surface area contributed by atoms with E-state index in [-0.39, 0.29) is 0 Å². The third kappa shape index (κ3) is 2.47. The van der Waals surface area contributed by atoms with Crippen LogP contribution in [-0.4, -0.2) is 43.9 Å². The molecule has 2 heterocycles. The molecule has 0 saturated carbocycles. The van der Waals surface area contributed by atoms with Gasteiger partial charge in [-0.3, -0.25) is 4.79 Å². The highest BCUT2D eigenvalue weighted by Gasteiger charge is 2.34. The van der Waals surface area contributed by atoms with E-state index in [0.717, 1.165) is 42.5 Å². The molecule has 0 bridgehead atoms. The van der Waals surface area contributed by atoms with Crippen LogP contribution in [0.1, 0.15) is 35.2 Å². The molecule has 0 amide bonds. The minimum absolute atomic E-state index is 0.773. The van der Waals surface area contributed by atoms with E-state index in [9.17, 15) is 4.79 Å². The maximum Gasteiger partial charge on any atom is 0.150 e. The van der Waals surface area contributed by atoms with Crippen LogP contribution >= 0.6 is 0 Å². The van der Waals surface area contributed by atoms with Gasteiger partial charge in [-0.1, -0.05) is 0 Å². The molecular weight excluding hydrogens is 248 g/mol. The first-order valence-corrected chi connectivity index (χ1v) is 7.70. The summed E-state index contributed by atoms with van der Waals surface area (Å²) in [5.41, 5.74) is 3.17. The van der Waals surface area contributed by atoms with E-state index in [0.29, 0.717) is 0 Å². The molecule has 2 atom stereocenters. The summed E-state index contributed by atoms with van der Waals surface area (Å²) in [6, 6.07) is 6.99. The van der Waals surface area contributed by atoms with Crippen LogP contribution in [-0.2, 0) is 0 Å². The van der Waals surface area contributed by atoms with Crippen LogP contribution in [0.25, 0.3) is 0 Å². The van der Waals surface area contributed by atoms with Gasteiger partial charge in [-0.05, 0) is 69.5 Å². The molecule has 3 nitrogen and oxygen atoms in total. The number of hydrogen-bond donors (Lipinski definition) is 0. The van der Waals surface area contributed by atoms with Crippen LogP contribution in [0.15, 0.2) is 18.2 Å². The molecule has 3 rings (SSSR count). The van der Waals surface area contributed by atoms with Gasteiger partial charge in [0.2, 0.25) is 0 Å². The average Bonchev–Trinajstić information content (AvgIpc) is 2.47. The number of likely N-dealkylation sites (tertiary alicyclic amines) is 1. The molecule has 2 aliphatic rings. The zero-order chi connectivity index (χ0) is 14.1.